The molecule has 2 rings (SSSR count). The first-order valence-electron chi connectivity index (χ1n) is 10.3. The number of nitrogens with one attached hydrogen (secondary N) is 3. The molecule has 2 fully saturated rings. The second kappa shape index (κ2) is 10.1. The zero-order chi connectivity index (χ0) is 19.0. The summed E-state index contributed by atoms with van der Waals surface area (Å²) in [4.78, 5) is 16.5. The minimum atomic E-state index is 0.140. The number of guanidine groups is 1. The number of nitrogens with zero attached hydrogens (tertiary/aromatic N) is 1. The van der Waals surface area contributed by atoms with Crippen molar-refractivity contribution < 1.29 is 9.53 Å². The number of aliphatic imine (C=N–C) groups is 1. The predicted molar refractivity (Wildman–Crippen MR) is 106 cm³/mol. The summed E-state index contributed by atoms with van der Waals surface area (Å²) in [6, 6.07) is 0.447. The van der Waals surface area contributed by atoms with Gasteiger partial charge in [-0.25, -0.2) is 0 Å². The van der Waals surface area contributed by atoms with Crippen molar-refractivity contribution in [3.8, 4) is 0 Å². The molecule has 0 radical (unpaired) electrons. The van der Waals surface area contributed by atoms with E-state index >= 15 is 0 Å². The van der Waals surface area contributed by atoms with E-state index in [1.54, 1.807) is 0 Å². The van der Waals surface area contributed by atoms with Crippen LogP contribution < -0.4 is 16.0 Å². The van der Waals surface area contributed by atoms with Crippen molar-refractivity contribution in [3.05, 3.63) is 0 Å². The van der Waals surface area contributed by atoms with E-state index in [2.05, 4.69) is 43.6 Å². The summed E-state index contributed by atoms with van der Waals surface area (Å²) in [5.41, 5.74) is 0.140. The van der Waals surface area contributed by atoms with E-state index < -0.39 is 0 Å². The maximum absolute atomic E-state index is 11.7. The van der Waals surface area contributed by atoms with E-state index in [4.69, 9.17) is 9.73 Å². The second-order valence-electron chi connectivity index (χ2n) is 8.65. The van der Waals surface area contributed by atoms with Crippen LogP contribution in [0.4, 0.5) is 0 Å². The van der Waals surface area contributed by atoms with Gasteiger partial charge in [-0.3, -0.25) is 9.79 Å². The van der Waals surface area contributed by atoms with Crippen LogP contribution in [-0.4, -0.2) is 50.3 Å². The van der Waals surface area contributed by atoms with E-state index in [1.165, 1.54) is 6.42 Å². The molecule has 1 saturated carbocycles. The summed E-state index contributed by atoms with van der Waals surface area (Å²) in [5.74, 6) is 1.47. The summed E-state index contributed by atoms with van der Waals surface area (Å²) in [6.07, 6.45) is 6.22. The minimum absolute atomic E-state index is 0.140. The first-order chi connectivity index (χ1) is 12.4. The molecule has 1 aliphatic heterocycles. The van der Waals surface area contributed by atoms with Crippen molar-refractivity contribution in [2.45, 2.75) is 78.4 Å². The van der Waals surface area contributed by atoms with Crippen LogP contribution in [0.15, 0.2) is 4.99 Å². The SMILES string of the molecule is CCNC(=NCC1CCCOC1C(C)(C)C)NCCCC(=O)NC1CC1. The molecule has 0 bridgehead atoms. The highest BCUT2D eigenvalue weighted by molar-refractivity contribution is 5.80. The molecule has 2 atom stereocenters. The summed E-state index contributed by atoms with van der Waals surface area (Å²) in [7, 11) is 0. The van der Waals surface area contributed by atoms with Gasteiger partial charge < -0.3 is 20.7 Å². The van der Waals surface area contributed by atoms with Crippen molar-refractivity contribution in [1.82, 2.24) is 16.0 Å². The van der Waals surface area contributed by atoms with E-state index in [1.807, 2.05) is 0 Å². The Balaban J connectivity index is 1.76. The van der Waals surface area contributed by atoms with Crippen LogP contribution in [0.1, 0.15) is 66.2 Å². The summed E-state index contributed by atoms with van der Waals surface area (Å²) < 4.78 is 6.05. The highest BCUT2D eigenvalue weighted by Crippen LogP contribution is 2.34. The number of amides is 1. The lowest BCUT2D eigenvalue weighted by Crippen LogP contribution is -2.43. The molecule has 2 aliphatic rings. The molecule has 2 unspecified atom stereocenters. The van der Waals surface area contributed by atoms with Gasteiger partial charge in [0.25, 0.3) is 0 Å². The molecule has 6 nitrogen and oxygen atoms in total. The van der Waals surface area contributed by atoms with Crippen LogP contribution in [0.5, 0.6) is 0 Å². The average Bonchev–Trinajstić information content (AvgIpc) is 3.39. The molecule has 150 valence electrons. The Morgan fingerprint density at radius 3 is 2.62 bits per heavy atom. The fourth-order valence-electron chi connectivity index (χ4n) is 3.52. The number of rotatable bonds is 8. The standard InChI is InChI=1S/C20H38N4O2/c1-5-21-19(22-12-6-9-17(25)24-16-10-11-16)23-14-15-8-7-13-26-18(15)20(2,3)4/h15-16,18H,5-14H2,1-4H3,(H,24,25)(H2,21,22,23). The Kier molecular flexibility index (Phi) is 8.19. The Bertz CT molecular complexity index is 469. The normalized spacial score (nSPS) is 24.2. The van der Waals surface area contributed by atoms with E-state index in [-0.39, 0.29) is 17.4 Å². The predicted octanol–water partition coefficient (Wildman–Crippen LogP) is 2.44. The first-order valence-corrected chi connectivity index (χ1v) is 10.3. The van der Waals surface area contributed by atoms with Crippen LogP contribution >= 0.6 is 0 Å². The number of carbonyl (C=O) groups is 1. The quantitative estimate of drug-likeness (QED) is 0.350. The zero-order valence-corrected chi connectivity index (χ0v) is 17.1. The molecular weight excluding hydrogens is 328 g/mol. The zero-order valence-electron chi connectivity index (χ0n) is 17.1. The van der Waals surface area contributed by atoms with Gasteiger partial charge in [0.05, 0.1) is 6.10 Å². The molecule has 26 heavy (non-hydrogen) atoms. The molecule has 6 heteroatoms. The molecule has 0 aromatic carbocycles. The first kappa shape index (κ1) is 21.0. The Hall–Kier alpha value is -1.30. The molecule has 0 aromatic heterocycles. The lowest BCUT2D eigenvalue weighted by molar-refractivity contribution is -0.121. The topological polar surface area (TPSA) is 74.8 Å². The minimum Gasteiger partial charge on any atom is -0.377 e. The van der Waals surface area contributed by atoms with E-state index in [0.717, 1.165) is 57.9 Å². The molecule has 0 spiro atoms. The highest BCUT2D eigenvalue weighted by atomic mass is 16.5. The molecule has 0 aromatic rings. The van der Waals surface area contributed by atoms with Gasteiger partial charge in [0.15, 0.2) is 5.96 Å². The second-order valence-corrected chi connectivity index (χ2v) is 8.65. The number of ether oxygens (including phenoxy) is 1. The van der Waals surface area contributed by atoms with Gasteiger partial charge in [-0.05, 0) is 44.4 Å². The average molecular weight is 367 g/mol. The highest BCUT2D eigenvalue weighted by Gasteiger charge is 2.35. The lowest BCUT2D eigenvalue weighted by atomic mass is 9.78. The van der Waals surface area contributed by atoms with Crippen LogP contribution in [0.2, 0.25) is 0 Å². The van der Waals surface area contributed by atoms with E-state index in [9.17, 15) is 4.79 Å². The largest absolute Gasteiger partial charge is 0.377 e. The van der Waals surface area contributed by atoms with Gasteiger partial charge in [0.2, 0.25) is 5.91 Å². The summed E-state index contributed by atoms with van der Waals surface area (Å²) >= 11 is 0. The van der Waals surface area contributed by atoms with Crippen molar-refractivity contribution >= 4 is 11.9 Å². The maximum atomic E-state index is 11.7. The van der Waals surface area contributed by atoms with Crippen molar-refractivity contribution in [1.29, 1.82) is 0 Å². The third-order valence-corrected chi connectivity index (χ3v) is 4.94. The van der Waals surface area contributed by atoms with Crippen LogP contribution in [0.25, 0.3) is 0 Å². The Morgan fingerprint density at radius 1 is 1.19 bits per heavy atom. The molecular formula is C20H38N4O2. The van der Waals surface area contributed by atoms with Gasteiger partial charge in [0.1, 0.15) is 0 Å². The number of carbonyl (C=O) groups excluding carboxylic acids is 1. The third kappa shape index (κ3) is 7.52. The number of hydrogen-bond donors (Lipinski definition) is 3. The summed E-state index contributed by atoms with van der Waals surface area (Å²) in [5, 5.41) is 9.69. The van der Waals surface area contributed by atoms with E-state index in [0.29, 0.717) is 18.4 Å². The van der Waals surface area contributed by atoms with Crippen molar-refractivity contribution in [2.24, 2.45) is 16.3 Å². The maximum Gasteiger partial charge on any atom is 0.220 e. The third-order valence-electron chi connectivity index (χ3n) is 4.94. The van der Waals surface area contributed by atoms with Crippen LogP contribution in [-0.2, 0) is 9.53 Å². The molecule has 1 amide bonds. The van der Waals surface area contributed by atoms with Gasteiger partial charge in [-0.15, -0.1) is 0 Å². The van der Waals surface area contributed by atoms with Gasteiger partial charge in [0, 0.05) is 44.6 Å². The van der Waals surface area contributed by atoms with Crippen LogP contribution in [0.3, 0.4) is 0 Å². The van der Waals surface area contributed by atoms with Crippen LogP contribution in [0, 0.1) is 11.3 Å². The van der Waals surface area contributed by atoms with Crippen molar-refractivity contribution in [3.63, 3.8) is 0 Å². The van der Waals surface area contributed by atoms with Gasteiger partial charge in [-0.2, -0.15) is 0 Å². The fourth-order valence-corrected chi connectivity index (χ4v) is 3.52. The summed E-state index contributed by atoms with van der Waals surface area (Å²) in [6.45, 7) is 12.0. The molecule has 1 aliphatic carbocycles. The fraction of sp³-hybridized carbons (Fsp3) is 0.900. The lowest BCUT2D eigenvalue weighted by Gasteiger charge is -2.39. The van der Waals surface area contributed by atoms with Crippen molar-refractivity contribution in [2.75, 3.05) is 26.2 Å². The molecule has 1 saturated heterocycles. The smallest absolute Gasteiger partial charge is 0.220 e. The van der Waals surface area contributed by atoms with Gasteiger partial charge in [-0.1, -0.05) is 20.8 Å². The Labute approximate surface area is 158 Å². The number of hydrogen-bond acceptors (Lipinski definition) is 3. The molecule has 3 N–H and O–H groups in total. The monoisotopic (exact) mass is 366 g/mol. The Morgan fingerprint density at radius 2 is 1.96 bits per heavy atom. The molecule has 1 heterocycles. The van der Waals surface area contributed by atoms with Gasteiger partial charge >= 0.3 is 0 Å².